The van der Waals surface area contributed by atoms with E-state index >= 15 is 0 Å². The van der Waals surface area contributed by atoms with Gasteiger partial charge in [-0.25, -0.2) is 0 Å². The van der Waals surface area contributed by atoms with E-state index in [1.807, 2.05) is 7.05 Å². The number of ether oxygens (including phenoxy) is 1. The summed E-state index contributed by atoms with van der Waals surface area (Å²) >= 11 is 0. The highest BCUT2D eigenvalue weighted by atomic mass is 16.5. The molecule has 1 heterocycles. The molecule has 82 valence electrons. The summed E-state index contributed by atoms with van der Waals surface area (Å²) in [5.41, 5.74) is 5.42. The molecule has 3 N–H and O–H groups in total. The number of morpholine rings is 1. The largest absolute Gasteiger partial charge is 0.480 e. The van der Waals surface area contributed by atoms with E-state index in [9.17, 15) is 4.79 Å². The van der Waals surface area contributed by atoms with E-state index < -0.39 is 12.0 Å². The summed E-state index contributed by atoms with van der Waals surface area (Å²) in [6.45, 7) is 2.35. The lowest BCUT2D eigenvalue weighted by Crippen LogP contribution is -2.44. The van der Waals surface area contributed by atoms with Crippen molar-refractivity contribution in [2.24, 2.45) is 5.73 Å². The van der Waals surface area contributed by atoms with Crippen LogP contribution in [0.2, 0.25) is 0 Å². The minimum Gasteiger partial charge on any atom is -0.480 e. The zero-order chi connectivity index (χ0) is 10.6. The molecule has 0 amide bonds. The smallest absolute Gasteiger partial charge is 0.320 e. The minimum absolute atomic E-state index is 0.314. The van der Waals surface area contributed by atoms with Crippen LogP contribution in [0.4, 0.5) is 0 Å². The zero-order valence-electron chi connectivity index (χ0n) is 8.48. The highest BCUT2D eigenvalue weighted by molar-refractivity contribution is 5.72. The van der Waals surface area contributed by atoms with Gasteiger partial charge in [-0.3, -0.25) is 9.69 Å². The first-order chi connectivity index (χ1) is 6.61. The third-order valence-corrected chi connectivity index (χ3v) is 2.65. The summed E-state index contributed by atoms with van der Waals surface area (Å²) in [5.74, 6) is -0.926. The highest BCUT2D eigenvalue weighted by Gasteiger charge is 2.21. The molecule has 1 rings (SSSR count). The average Bonchev–Trinajstić information content (AvgIpc) is 2.16. The molecule has 1 aliphatic heterocycles. The van der Waals surface area contributed by atoms with Crippen LogP contribution in [0, 0.1) is 0 Å². The molecule has 0 spiro atoms. The molecule has 1 fully saturated rings. The van der Waals surface area contributed by atoms with E-state index in [2.05, 4.69) is 4.90 Å². The van der Waals surface area contributed by atoms with E-state index in [0.717, 1.165) is 19.6 Å². The molecule has 5 nitrogen and oxygen atoms in total. The molecule has 1 saturated heterocycles. The lowest BCUT2D eigenvalue weighted by atomic mass is 10.1. The molecular weight excluding hydrogens is 184 g/mol. The monoisotopic (exact) mass is 202 g/mol. The molecule has 0 aromatic carbocycles. The van der Waals surface area contributed by atoms with Gasteiger partial charge in [0.2, 0.25) is 0 Å². The van der Waals surface area contributed by atoms with E-state index in [-0.39, 0.29) is 0 Å². The van der Waals surface area contributed by atoms with Gasteiger partial charge in [0.05, 0.1) is 13.2 Å². The molecule has 0 aliphatic carbocycles. The molecule has 1 aliphatic rings. The van der Waals surface area contributed by atoms with Crippen LogP contribution in [0.15, 0.2) is 0 Å². The van der Waals surface area contributed by atoms with Gasteiger partial charge in [-0.15, -0.1) is 0 Å². The Balaban J connectivity index is 2.25. The summed E-state index contributed by atoms with van der Waals surface area (Å²) < 4.78 is 5.32. The predicted octanol–water partition coefficient (Wildman–Crippen LogP) is -0.491. The van der Waals surface area contributed by atoms with Crippen molar-refractivity contribution in [3.05, 3.63) is 0 Å². The number of carbonyl (C=O) groups is 1. The summed E-state index contributed by atoms with van der Waals surface area (Å²) in [7, 11) is 2.03. The summed E-state index contributed by atoms with van der Waals surface area (Å²) in [5, 5.41) is 8.61. The Kier molecular flexibility index (Phi) is 4.31. The van der Waals surface area contributed by atoms with Crippen molar-refractivity contribution >= 4 is 5.97 Å². The lowest BCUT2D eigenvalue weighted by Gasteiger charge is -2.32. The number of nitrogens with two attached hydrogens (primary N) is 1. The number of hydrogen-bond donors (Lipinski definition) is 2. The van der Waals surface area contributed by atoms with Gasteiger partial charge in [-0.2, -0.15) is 0 Å². The quantitative estimate of drug-likeness (QED) is 0.643. The van der Waals surface area contributed by atoms with Crippen molar-refractivity contribution in [1.82, 2.24) is 4.90 Å². The standard InChI is InChI=1S/C9H18N2O3/c1-11-4-5-14-6-7(11)2-3-8(10)9(12)13/h7-8H,2-6,10H2,1H3,(H,12,13). The average molecular weight is 202 g/mol. The van der Waals surface area contributed by atoms with Crippen molar-refractivity contribution < 1.29 is 14.6 Å². The van der Waals surface area contributed by atoms with Crippen molar-refractivity contribution in [3.8, 4) is 0 Å². The Morgan fingerprint density at radius 1 is 1.79 bits per heavy atom. The molecule has 0 radical (unpaired) electrons. The lowest BCUT2D eigenvalue weighted by molar-refractivity contribution is -0.138. The third-order valence-electron chi connectivity index (χ3n) is 2.65. The molecule has 0 saturated carbocycles. The van der Waals surface area contributed by atoms with Crippen LogP contribution in [0.1, 0.15) is 12.8 Å². The Morgan fingerprint density at radius 3 is 3.07 bits per heavy atom. The second kappa shape index (κ2) is 5.29. The van der Waals surface area contributed by atoms with Crippen LogP contribution in [-0.2, 0) is 9.53 Å². The van der Waals surface area contributed by atoms with Gasteiger partial charge in [0.15, 0.2) is 0 Å². The fraction of sp³-hybridized carbons (Fsp3) is 0.889. The highest BCUT2D eigenvalue weighted by Crippen LogP contribution is 2.11. The number of carboxylic acids is 1. The van der Waals surface area contributed by atoms with Gasteiger partial charge in [0.25, 0.3) is 0 Å². The maximum atomic E-state index is 10.5. The van der Waals surface area contributed by atoms with Crippen molar-refractivity contribution in [1.29, 1.82) is 0 Å². The van der Waals surface area contributed by atoms with Crippen LogP contribution in [0.5, 0.6) is 0 Å². The first-order valence-corrected chi connectivity index (χ1v) is 4.87. The molecule has 0 bridgehead atoms. The van der Waals surface area contributed by atoms with Crippen molar-refractivity contribution in [2.45, 2.75) is 24.9 Å². The maximum absolute atomic E-state index is 10.5. The Labute approximate surface area is 83.8 Å². The van der Waals surface area contributed by atoms with Crippen LogP contribution >= 0.6 is 0 Å². The molecule has 14 heavy (non-hydrogen) atoms. The predicted molar refractivity (Wildman–Crippen MR) is 52.1 cm³/mol. The number of carboxylic acid groups (broad SMARTS) is 1. The second-order valence-corrected chi connectivity index (χ2v) is 3.73. The van der Waals surface area contributed by atoms with Crippen LogP contribution in [-0.4, -0.2) is 54.9 Å². The van der Waals surface area contributed by atoms with Crippen molar-refractivity contribution in [2.75, 3.05) is 26.8 Å². The number of rotatable bonds is 4. The van der Waals surface area contributed by atoms with Gasteiger partial charge < -0.3 is 15.6 Å². The molecule has 2 atom stereocenters. The molecular formula is C9H18N2O3. The van der Waals surface area contributed by atoms with E-state index in [0.29, 0.717) is 19.1 Å². The number of nitrogens with zero attached hydrogens (tertiary/aromatic N) is 1. The van der Waals surface area contributed by atoms with Gasteiger partial charge >= 0.3 is 5.97 Å². The molecule has 5 heteroatoms. The first kappa shape index (κ1) is 11.4. The zero-order valence-corrected chi connectivity index (χ0v) is 8.48. The Morgan fingerprint density at radius 2 is 2.50 bits per heavy atom. The Hall–Kier alpha value is -0.650. The van der Waals surface area contributed by atoms with Gasteiger partial charge in [0.1, 0.15) is 6.04 Å². The summed E-state index contributed by atoms with van der Waals surface area (Å²) in [4.78, 5) is 12.7. The van der Waals surface area contributed by atoms with Crippen LogP contribution < -0.4 is 5.73 Å². The van der Waals surface area contributed by atoms with E-state index in [1.54, 1.807) is 0 Å². The van der Waals surface area contributed by atoms with Gasteiger partial charge in [0, 0.05) is 12.6 Å². The maximum Gasteiger partial charge on any atom is 0.320 e. The normalized spacial score (nSPS) is 26.0. The number of likely N-dealkylation sites (N-methyl/N-ethyl adjacent to an activating group) is 1. The fourth-order valence-corrected chi connectivity index (χ4v) is 1.54. The summed E-state index contributed by atoms with van der Waals surface area (Å²) in [6, 6.07) is -0.431. The van der Waals surface area contributed by atoms with Crippen LogP contribution in [0.25, 0.3) is 0 Å². The topological polar surface area (TPSA) is 75.8 Å². The molecule has 0 aromatic heterocycles. The van der Waals surface area contributed by atoms with E-state index in [1.165, 1.54) is 0 Å². The SMILES string of the molecule is CN1CCOCC1CCC(N)C(=O)O. The Bertz CT molecular complexity index is 198. The third kappa shape index (κ3) is 3.25. The van der Waals surface area contributed by atoms with E-state index in [4.69, 9.17) is 15.6 Å². The van der Waals surface area contributed by atoms with Gasteiger partial charge in [-0.05, 0) is 19.9 Å². The van der Waals surface area contributed by atoms with Gasteiger partial charge in [-0.1, -0.05) is 0 Å². The first-order valence-electron chi connectivity index (χ1n) is 4.87. The summed E-state index contributed by atoms with van der Waals surface area (Å²) in [6.07, 6.45) is 1.29. The van der Waals surface area contributed by atoms with Crippen molar-refractivity contribution in [3.63, 3.8) is 0 Å². The number of hydrogen-bond acceptors (Lipinski definition) is 4. The second-order valence-electron chi connectivity index (χ2n) is 3.73. The minimum atomic E-state index is -0.926. The van der Waals surface area contributed by atoms with Crippen LogP contribution in [0.3, 0.4) is 0 Å². The fourth-order valence-electron chi connectivity index (χ4n) is 1.54. The number of aliphatic carboxylic acids is 1. The molecule has 2 unspecified atom stereocenters. The molecule has 0 aromatic rings.